The molecular weight excluding hydrogens is 434 g/mol. The molecule has 0 radical (unpaired) electrons. The van der Waals surface area contributed by atoms with Gasteiger partial charge in [-0.2, -0.15) is 0 Å². The van der Waals surface area contributed by atoms with Gasteiger partial charge in [-0.05, 0) is 61.0 Å². The lowest BCUT2D eigenvalue weighted by molar-refractivity contribution is -0.132. The highest BCUT2D eigenvalue weighted by atomic mass is 16.5. The Labute approximate surface area is 196 Å². The van der Waals surface area contributed by atoms with Crippen LogP contribution in [0.1, 0.15) is 29.8 Å². The van der Waals surface area contributed by atoms with Crippen LogP contribution < -0.4 is 15.0 Å². The molecule has 0 spiro atoms. The topological polar surface area (TPSA) is 109 Å². The smallest absolute Gasteiger partial charge is 0.300 e. The first-order valence-electron chi connectivity index (χ1n) is 10.6. The number of nitrogens with zero attached hydrogens (tertiary/aromatic N) is 2. The molecule has 2 amide bonds. The fourth-order valence-corrected chi connectivity index (χ4v) is 4.03. The number of ether oxygens (including phenoxy) is 1. The number of hydrogen-bond donors (Lipinski definition) is 2. The number of aromatic nitrogens is 1. The third-order valence-corrected chi connectivity index (χ3v) is 5.53. The molecule has 4 rings (SSSR count). The lowest BCUT2D eigenvalue weighted by Gasteiger charge is -2.25. The fraction of sp³-hybridized carbons (Fsp3) is 0.154. The highest BCUT2D eigenvalue weighted by Gasteiger charge is 2.47. The highest BCUT2D eigenvalue weighted by Crippen LogP contribution is 2.42. The molecule has 1 saturated heterocycles. The molecule has 1 aromatic heterocycles. The van der Waals surface area contributed by atoms with Gasteiger partial charge in [-0.3, -0.25) is 24.3 Å². The number of Topliss-reactive ketones (excluding diaryl/α,β-unsaturated/α-hetero) is 1. The van der Waals surface area contributed by atoms with E-state index in [1.54, 1.807) is 74.0 Å². The number of carbonyl (C=O) groups is 3. The average Bonchev–Trinajstić information content (AvgIpc) is 3.09. The summed E-state index contributed by atoms with van der Waals surface area (Å²) in [5.74, 6) is -1.57. The molecule has 34 heavy (non-hydrogen) atoms. The van der Waals surface area contributed by atoms with Gasteiger partial charge in [0, 0.05) is 30.1 Å². The molecule has 1 aliphatic rings. The second kappa shape index (κ2) is 9.19. The maximum atomic E-state index is 13.2. The third-order valence-electron chi connectivity index (χ3n) is 5.53. The van der Waals surface area contributed by atoms with Gasteiger partial charge in [0.2, 0.25) is 5.91 Å². The van der Waals surface area contributed by atoms with Crippen LogP contribution in [0.4, 0.5) is 11.4 Å². The summed E-state index contributed by atoms with van der Waals surface area (Å²) in [6, 6.07) is 15.8. The summed E-state index contributed by atoms with van der Waals surface area (Å²) in [6.07, 6.45) is 1.56. The maximum absolute atomic E-state index is 13.2. The van der Waals surface area contributed by atoms with Gasteiger partial charge in [-0.25, -0.2) is 0 Å². The van der Waals surface area contributed by atoms with E-state index in [0.29, 0.717) is 28.4 Å². The SMILES string of the molecule is COc1ccc(/C(O)=C2\C(=O)C(=O)N(c3cccc(NC(C)=O)c3)C2c2ccccn2)cc1C. The van der Waals surface area contributed by atoms with E-state index in [-0.39, 0.29) is 17.2 Å². The van der Waals surface area contributed by atoms with Crippen LogP contribution in [0.3, 0.4) is 0 Å². The second-order valence-electron chi connectivity index (χ2n) is 7.84. The van der Waals surface area contributed by atoms with Crippen LogP contribution in [0.15, 0.2) is 72.4 Å². The lowest BCUT2D eigenvalue weighted by atomic mass is 9.97. The van der Waals surface area contributed by atoms with E-state index < -0.39 is 17.7 Å². The zero-order valence-electron chi connectivity index (χ0n) is 18.9. The number of benzene rings is 2. The summed E-state index contributed by atoms with van der Waals surface area (Å²) in [6.45, 7) is 3.20. The Morgan fingerprint density at radius 2 is 1.88 bits per heavy atom. The van der Waals surface area contributed by atoms with Crippen molar-refractivity contribution in [2.24, 2.45) is 0 Å². The van der Waals surface area contributed by atoms with Crippen molar-refractivity contribution >= 4 is 34.7 Å². The molecule has 8 heteroatoms. The van der Waals surface area contributed by atoms with Gasteiger partial charge >= 0.3 is 0 Å². The van der Waals surface area contributed by atoms with Crippen molar-refractivity contribution in [3.8, 4) is 5.75 Å². The van der Waals surface area contributed by atoms with Gasteiger partial charge in [-0.15, -0.1) is 0 Å². The molecule has 1 aliphatic heterocycles. The first-order valence-corrected chi connectivity index (χ1v) is 10.6. The molecule has 1 unspecified atom stereocenters. The van der Waals surface area contributed by atoms with Crippen LogP contribution in [0, 0.1) is 6.92 Å². The number of aliphatic hydroxyl groups is 1. The number of ketones is 1. The minimum absolute atomic E-state index is 0.0711. The van der Waals surface area contributed by atoms with Crippen LogP contribution in [0.5, 0.6) is 5.75 Å². The van der Waals surface area contributed by atoms with Crippen LogP contribution in [0.2, 0.25) is 0 Å². The molecule has 0 bridgehead atoms. The Morgan fingerprint density at radius 1 is 1.09 bits per heavy atom. The normalized spacial score (nSPS) is 17.0. The van der Waals surface area contributed by atoms with E-state index in [2.05, 4.69) is 10.3 Å². The second-order valence-corrected chi connectivity index (χ2v) is 7.84. The van der Waals surface area contributed by atoms with Gasteiger partial charge in [0.05, 0.1) is 18.4 Å². The van der Waals surface area contributed by atoms with Crippen molar-refractivity contribution in [1.29, 1.82) is 0 Å². The largest absolute Gasteiger partial charge is 0.507 e. The fourth-order valence-electron chi connectivity index (χ4n) is 4.03. The molecule has 1 atom stereocenters. The van der Waals surface area contributed by atoms with Crippen molar-refractivity contribution in [3.05, 3.63) is 89.3 Å². The number of hydrogen-bond acceptors (Lipinski definition) is 6. The molecule has 8 nitrogen and oxygen atoms in total. The molecule has 0 saturated carbocycles. The number of amides is 2. The predicted octanol–water partition coefficient (Wildman–Crippen LogP) is 3.98. The number of pyridine rings is 1. The summed E-state index contributed by atoms with van der Waals surface area (Å²) in [7, 11) is 1.55. The number of rotatable bonds is 5. The van der Waals surface area contributed by atoms with Crippen molar-refractivity contribution in [2.75, 3.05) is 17.3 Å². The summed E-state index contributed by atoms with van der Waals surface area (Å²) in [5.41, 5.74) is 2.34. The van der Waals surface area contributed by atoms with Gasteiger partial charge in [0.25, 0.3) is 11.7 Å². The third kappa shape index (κ3) is 4.13. The van der Waals surface area contributed by atoms with Gasteiger partial charge in [0.15, 0.2) is 0 Å². The first kappa shape index (κ1) is 22.7. The highest BCUT2D eigenvalue weighted by molar-refractivity contribution is 6.51. The number of methoxy groups -OCH3 is 1. The zero-order valence-corrected chi connectivity index (χ0v) is 18.9. The summed E-state index contributed by atoms with van der Waals surface area (Å²) in [4.78, 5) is 43.6. The van der Waals surface area contributed by atoms with E-state index in [4.69, 9.17) is 4.74 Å². The minimum Gasteiger partial charge on any atom is -0.507 e. The van der Waals surface area contributed by atoms with Crippen LogP contribution in [0.25, 0.3) is 5.76 Å². The summed E-state index contributed by atoms with van der Waals surface area (Å²) >= 11 is 0. The van der Waals surface area contributed by atoms with Crippen LogP contribution in [-0.2, 0) is 14.4 Å². The number of anilines is 2. The average molecular weight is 457 g/mol. The van der Waals surface area contributed by atoms with E-state index >= 15 is 0 Å². The monoisotopic (exact) mass is 457 g/mol. The number of aliphatic hydroxyl groups excluding tert-OH is 1. The molecule has 2 heterocycles. The van der Waals surface area contributed by atoms with Gasteiger partial charge < -0.3 is 15.2 Å². The quantitative estimate of drug-likeness (QED) is 0.341. The van der Waals surface area contributed by atoms with Gasteiger partial charge in [-0.1, -0.05) is 12.1 Å². The lowest BCUT2D eigenvalue weighted by Crippen LogP contribution is -2.30. The summed E-state index contributed by atoms with van der Waals surface area (Å²) in [5, 5.41) is 13.9. The van der Waals surface area contributed by atoms with Crippen molar-refractivity contribution in [2.45, 2.75) is 19.9 Å². The van der Waals surface area contributed by atoms with Gasteiger partial charge in [0.1, 0.15) is 17.6 Å². The standard InChI is InChI=1S/C26H23N3O5/c1-15-13-17(10-11-21(15)34-3)24(31)22-23(20-9-4-5-12-27-20)29(26(33)25(22)32)19-8-6-7-18(14-19)28-16(2)30/h4-14,23,31H,1-3H3,(H,28,30)/b24-22+. The van der Waals surface area contributed by atoms with Crippen molar-refractivity contribution in [3.63, 3.8) is 0 Å². The predicted molar refractivity (Wildman–Crippen MR) is 127 cm³/mol. The van der Waals surface area contributed by atoms with Crippen molar-refractivity contribution < 1.29 is 24.2 Å². The molecule has 1 fully saturated rings. The maximum Gasteiger partial charge on any atom is 0.300 e. The number of nitrogens with one attached hydrogen (secondary N) is 1. The van der Waals surface area contributed by atoms with E-state index in [9.17, 15) is 19.5 Å². The van der Waals surface area contributed by atoms with E-state index in [1.165, 1.54) is 11.8 Å². The number of carbonyl (C=O) groups excluding carboxylic acids is 3. The molecule has 2 N–H and O–H groups in total. The molecule has 2 aromatic carbocycles. The Bertz CT molecular complexity index is 1320. The molecule has 172 valence electrons. The van der Waals surface area contributed by atoms with Crippen LogP contribution >= 0.6 is 0 Å². The number of aryl methyl sites for hydroxylation is 1. The van der Waals surface area contributed by atoms with Crippen molar-refractivity contribution in [1.82, 2.24) is 4.98 Å². The first-order chi connectivity index (χ1) is 16.3. The zero-order chi connectivity index (χ0) is 24.4. The van der Waals surface area contributed by atoms with Crippen LogP contribution in [-0.4, -0.2) is 34.8 Å². The Kier molecular flexibility index (Phi) is 6.14. The summed E-state index contributed by atoms with van der Waals surface area (Å²) < 4.78 is 5.28. The Morgan fingerprint density at radius 3 is 2.53 bits per heavy atom. The minimum atomic E-state index is -0.962. The van der Waals surface area contributed by atoms with E-state index in [0.717, 1.165) is 5.56 Å². The Hall–Kier alpha value is -4.46. The molecule has 0 aliphatic carbocycles. The Balaban J connectivity index is 1.90. The molecule has 3 aromatic rings. The molecular formula is C26H23N3O5. The van der Waals surface area contributed by atoms with E-state index in [1.807, 2.05) is 6.92 Å².